The van der Waals surface area contributed by atoms with Crippen molar-refractivity contribution in [3.05, 3.63) is 82.9 Å². The van der Waals surface area contributed by atoms with Crippen LogP contribution in [0.1, 0.15) is 11.1 Å². The van der Waals surface area contributed by atoms with Gasteiger partial charge in [0.25, 0.3) is 5.91 Å². The quantitative estimate of drug-likeness (QED) is 0.250. The lowest BCUT2D eigenvalue weighted by Crippen LogP contribution is -2.32. The Balaban J connectivity index is 1.42. The van der Waals surface area contributed by atoms with E-state index in [-0.39, 0.29) is 12.5 Å². The van der Waals surface area contributed by atoms with Gasteiger partial charge in [-0.15, -0.1) is 0 Å². The number of methoxy groups -OCH3 is 1. The predicted molar refractivity (Wildman–Crippen MR) is 134 cm³/mol. The maximum Gasteiger partial charge on any atom is 0.329 e. The third-order valence-electron chi connectivity index (χ3n) is 4.64. The van der Waals surface area contributed by atoms with Gasteiger partial charge in [-0.05, 0) is 78.7 Å². The fourth-order valence-corrected chi connectivity index (χ4v) is 2.93. The van der Waals surface area contributed by atoms with Crippen LogP contribution in [-0.4, -0.2) is 37.7 Å². The smallest absolute Gasteiger partial charge is 0.329 e. The van der Waals surface area contributed by atoms with Gasteiger partial charge in [0, 0.05) is 16.4 Å². The Kier molecular flexibility index (Phi) is 8.80. The maximum atomic E-state index is 12.1. The highest BCUT2D eigenvalue weighted by molar-refractivity contribution is 6.39. The Bertz CT molecular complexity index is 1230. The number of carbonyl (C=O) groups excluding carboxylic acids is 3. The minimum atomic E-state index is -0.919. The Labute approximate surface area is 207 Å². The molecule has 9 nitrogen and oxygen atoms in total. The molecular weight excluding hydrogens is 472 g/mol. The first-order valence-corrected chi connectivity index (χ1v) is 10.8. The summed E-state index contributed by atoms with van der Waals surface area (Å²) < 4.78 is 10.5. The number of halogens is 1. The molecule has 0 aliphatic carbocycles. The molecule has 3 N–H and O–H groups in total. The molecule has 3 aromatic rings. The van der Waals surface area contributed by atoms with E-state index in [1.807, 2.05) is 13.0 Å². The SMILES string of the molecule is COc1ccc(NC(=O)C(=O)N/N=C\c2ccc(OCC(=O)Nc3ccc(C)c(Cl)c3)cc2)cc1. The van der Waals surface area contributed by atoms with Gasteiger partial charge in [0.2, 0.25) is 0 Å². The van der Waals surface area contributed by atoms with Gasteiger partial charge >= 0.3 is 11.8 Å². The molecule has 0 aromatic heterocycles. The van der Waals surface area contributed by atoms with E-state index in [4.69, 9.17) is 21.1 Å². The van der Waals surface area contributed by atoms with Crippen LogP contribution in [0.2, 0.25) is 5.02 Å². The molecule has 0 spiro atoms. The van der Waals surface area contributed by atoms with E-state index in [0.29, 0.717) is 33.5 Å². The number of benzene rings is 3. The number of hydrazone groups is 1. The van der Waals surface area contributed by atoms with E-state index < -0.39 is 11.8 Å². The van der Waals surface area contributed by atoms with Crippen molar-refractivity contribution in [1.29, 1.82) is 0 Å². The summed E-state index contributed by atoms with van der Waals surface area (Å²) in [7, 11) is 1.53. The van der Waals surface area contributed by atoms with Crippen LogP contribution in [0.25, 0.3) is 0 Å². The normalized spacial score (nSPS) is 10.5. The molecular formula is C25H23ClN4O5. The topological polar surface area (TPSA) is 118 Å². The standard InChI is InChI=1S/C25H23ClN4O5/c1-16-3-6-19(13-22(16)26)28-23(31)15-35-21-9-4-17(5-10-21)14-27-30-25(33)24(32)29-18-7-11-20(34-2)12-8-18/h3-14H,15H2,1-2H3,(H,28,31)(H,29,32)(H,30,33)/b27-14-. The van der Waals surface area contributed by atoms with E-state index in [1.54, 1.807) is 60.7 Å². The molecule has 0 unspecified atom stereocenters. The van der Waals surface area contributed by atoms with Gasteiger partial charge in [-0.3, -0.25) is 14.4 Å². The first-order valence-electron chi connectivity index (χ1n) is 10.4. The highest BCUT2D eigenvalue weighted by Gasteiger charge is 2.12. The second kappa shape index (κ2) is 12.2. The number of rotatable bonds is 8. The van der Waals surface area contributed by atoms with E-state index in [0.717, 1.165) is 5.56 Å². The lowest BCUT2D eigenvalue weighted by Gasteiger charge is -2.08. The number of carbonyl (C=O) groups is 3. The molecule has 0 saturated heterocycles. The lowest BCUT2D eigenvalue weighted by molar-refractivity contribution is -0.136. The van der Waals surface area contributed by atoms with Gasteiger partial charge in [0.1, 0.15) is 11.5 Å². The number of anilines is 2. The molecule has 0 aliphatic heterocycles. The molecule has 3 amide bonds. The van der Waals surface area contributed by atoms with Gasteiger partial charge in [-0.2, -0.15) is 5.10 Å². The summed E-state index contributed by atoms with van der Waals surface area (Å²) in [6.07, 6.45) is 1.37. The lowest BCUT2D eigenvalue weighted by atomic mass is 10.2. The third kappa shape index (κ3) is 7.86. The molecule has 0 bridgehead atoms. The number of nitrogens with zero attached hydrogens (tertiary/aromatic N) is 1. The van der Waals surface area contributed by atoms with Crippen LogP contribution in [0, 0.1) is 6.92 Å². The number of amides is 3. The van der Waals surface area contributed by atoms with Crippen molar-refractivity contribution < 1.29 is 23.9 Å². The van der Waals surface area contributed by atoms with Crippen molar-refractivity contribution in [1.82, 2.24) is 5.43 Å². The molecule has 0 fully saturated rings. The summed E-state index contributed by atoms with van der Waals surface area (Å²) in [5, 5.41) is 9.51. The van der Waals surface area contributed by atoms with E-state index in [9.17, 15) is 14.4 Å². The first-order chi connectivity index (χ1) is 16.8. The van der Waals surface area contributed by atoms with Crippen LogP contribution in [0.4, 0.5) is 11.4 Å². The van der Waals surface area contributed by atoms with Crippen molar-refractivity contribution in [2.24, 2.45) is 5.10 Å². The van der Waals surface area contributed by atoms with Gasteiger partial charge < -0.3 is 20.1 Å². The summed E-state index contributed by atoms with van der Waals surface area (Å²) in [6, 6.07) is 18.4. The molecule has 0 atom stereocenters. The molecule has 0 saturated carbocycles. The van der Waals surface area contributed by atoms with Crippen molar-refractivity contribution in [2.45, 2.75) is 6.92 Å². The zero-order chi connectivity index (χ0) is 25.2. The van der Waals surface area contributed by atoms with Crippen LogP contribution in [0.3, 0.4) is 0 Å². The third-order valence-corrected chi connectivity index (χ3v) is 5.05. The second-order valence-corrected chi connectivity index (χ2v) is 7.66. The fourth-order valence-electron chi connectivity index (χ4n) is 2.75. The van der Waals surface area contributed by atoms with Crippen LogP contribution < -0.4 is 25.5 Å². The summed E-state index contributed by atoms with van der Waals surface area (Å²) >= 11 is 6.06. The van der Waals surface area contributed by atoms with Gasteiger partial charge in [0.05, 0.1) is 13.3 Å². The minimum absolute atomic E-state index is 0.182. The van der Waals surface area contributed by atoms with Crippen LogP contribution in [0.15, 0.2) is 71.8 Å². The predicted octanol–water partition coefficient (Wildman–Crippen LogP) is 3.76. The Hall–Kier alpha value is -4.37. The molecule has 35 heavy (non-hydrogen) atoms. The van der Waals surface area contributed by atoms with Crippen molar-refractivity contribution in [3.8, 4) is 11.5 Å². The molecule has 3 aromatic carbocycles. The summed E-state index contributed by atoms with van der Waals surface area (Å²) in [6.45, 7) is 1.69. The zero-order valence-electron chi connectivity index (χ0n) is 19.0. The summed E-state index contributed by atoms with van der Waals surface area (Å²) in [5.74, 6) is -1.00. The first kappa shape index (κ1) is 25.3. The highest BCUT2D eigenvalue weighted by Crippen LogP contribution is 2.20. The molecule has 0 aliphatic rings. The molecule has 0 radical (unpaired) electrons. The maximum absolute atomic E-state index is 12.1. The van der Waals surface area contributed by atoms with E-state index in [1.165, 1.54) is 13.3 Å². The average molecular weight is 495 g/mol. The second-order valence-electron chi connectivity index (χ2n) is 7.25. The van der Waals surface area contributed by atoms with Crippen molar-refractivity contribution >= 4 is 46.9 Å². The Morgan fingerprint density at radius 1 is 0.886 bits per heavy atom. The summed E-state index contributed by atoms with van der Waals surface area (Å²) in [5.41, 5.74) is 4.75. The van der Waals surface area contributed by atoms with Gasteiger partial charge in [0.15, 0.2) is 6.61 Å². The molecule has 180 valence electrons. The van der Waals surface area contributed by atoms with Gasteiger partial charge in [-0.1, -0.05) is 17.7 Å². The number of hydrogen-bond acceptors (Lipinski definition) is 6. The van der Waals surface area contributed by atoms with Crippen LogP contribution in [-0.2, 0) is 14.4 Å². The number of ether oxygens (including phenoxy) is 2. The van der Waals surface area contributed by atoms with Crippen LogP contribution in [0.5, 0.6) is 11.5 Å². The zero-order valence-corrected chi connectivity index (χ0v) is 19.8. The molecule has 3 rings (SSSR count). The average Bonchev–Trinajstić information content (AvgIpc) is 2.86. The van der Waals surface area contributed by atoms with Gasteiger partial charge in [-0.25, -0.2) is 5.43 Å². The monoisotopic (exact) mass is 494 g/mol. The number of hydrogen-bond donors (Lipinski definition) is 3. The van der Waals surface area contributed by atoms with E-state index in [2.05, 4.69) is 21.2 Å². The summed E-state index contributed by atoms with van der Waals surface area (Å²) in [4.78, 5) is 35.9. The number of aryl methyl sites for hydroxylation is 1. The molecule has 0 heterocycles. The highest BCUT2D eigenvalue weighted by atomic mass is 35.5. The van der Waals surface area contributed by atoms with Crippen LogP contribution >= 0.6 is 11.6 Å². The fraction of sp³-hybridized carbons (Fsp3) is 0.120. The Morgan fingerprint density at radius 3 is 2.20 bits per heavy atom. The minimum Gasteiger partial charge on any atom is -0.497 e. The molecule has 10 heteroatoms. The van der Waals surface area contributed by atoms with Crippen molar-refractivity contribution in [2.75, 3.05) is 24.4 Å². The van der Waals surface area contributed by atoms with E-state index >= 15 is 0 Å². The largest absolute Gasteiger partial charge is 0.497 e. The Morgan fingerprint density at radius 2 is 1.54 bits per heavy atom. The van der Waals surface area contributed by atoms with Crippen molar-refractivity contribution in [3.63, 3.8) is 0 Å². The number of nitrogens with one attached hydrogen (secondary N) is 3.